The lowest BCUT2D eigenvalue weighted by Gasteiger charge is -2.53. The molecule has 1 atom stereocenters. The molecule has 0 saturated heterocycles. The molecule has 0 spiro atoms. The van der Waals surface area contributed by atoms with E-state index in [0.29, 0.717) is 29.1 Å². The molecule has 0 amide bonds. The first kappa shape index (κ1) is 24.1. The molecule has 3 aromatic rings. The van der Waals surface area contributed by atoms with Crippen molar-refractivity contribution in [3.05, 3.63) is 75.8 Å². The number of hydrogen-bond acceptors (Lipinski definition) is 7. The summed E-state index contributed by atoms with van der Waals surface area (Å²) in [6.07, 6.45) is 7.84. The van der Waals surface area contributed by atoms with Crippen molar-refractivity contribution in [3.63, 3.8) is 0 Å². The minimum atomic E-state index is -1.02. The van der Waals surface area contributed by atoms with Gasteiger partial charge in [-0.15, -0.1) is 0 Å². The first-order valence-electron chi connectivity index (χ1n) is 12.4. The molecule has 2 N–H and O–H groups in total. The number of carbonyl (C=O) groups is 1. The van der Waals surface area contributed by atoms with Crippen molar-refractivity contribution in [3.8, 4) is 5.75 Å². The van der Waals surface area contributed by atoms with Gasteiger partial charge < -0.3 is 19.6 Å². The van der Waals surface area contributed by atoms with Gasteiger partial charge in [-0.3, -0.25) is 0 Å². The number of anilines is 1. The van der Waals surface area contributed by atoms with Crippen LogP contribution in [0.2, 0.25) is 0 Å². The molecule has 0 unspecified atom stereocenters. The minimum absolute atomic E-state index is 0.374. The van der Waals surface area contributed by atoms with E-state index < -0.39 is 22.2 Å². The number of nitrogens with zero attached hydrogens (tertiary/aromatic N) is 1. The average Bonchev–Trinajstić information content (AvgIpc) is 3.49. The number of ether oxygens (including phenoxy) is 2. The summed E-state index contributed by atoms with van der Waals surface area (Å²) in [6.45, 7) is 7.44. The largest absolute Gasteiger partial charge is 0.481 e. The summed E-state index contributed by atoms with van der Waals surface area (Å²) < 4.78 is 18.7. The molecule has 1 saturated carbocycles. The third-order valence-corrected chi connectivity index (χ3v) is 8.17. The van der Waals surface area contributed by atoms with E-state index in [1.54, 1.807) is 25.1 Å². The van der Waals surface area contributed by atoms with Crippen molar-refractivity contribution in [1.29, 1.82) is 0 Å². The SMILES string of the molecule is C/C=C(\C)C(=O)OC(C)(C)[C@]1(C2(c3ccc(N)nc3)CCCC2)Cc2cc3ccc(=O)oc3cc2O1. The summed E-state index contributed by atoms with van der Waals surface area (Å²) in [4.78, 5) is 29.3. The second-order valence-corrected chi connectivity index (χ2v) is 10.5. The molecule has 1 aliphatic carbocycles. The molecule has 1 aliphatic heterocycles. The normalized spacial score (nSPS) is 21.3. The Morgan fingerprint density at radius 1 is 1.17 bits per heavy atom. The number of nitrogens with two attached hydrogens (primary N) is 1. The quantitative estimate of drug-likeness (QED) is 0.297. The van der Waals surface area contributed by atoms with Gasteiger partial charge in [0.25, 0.3) is 0 Å². The zero-order valence-electron chi connectivity index (χ0n) is 21.2. The predicted molar refractivity (Wildman–Crippen MR) is 138 cm³/mol. The number of hydrogen-bond donors (Lipinski definition) is 1. The maximum atomic E-state index is 13.1. The van der Waals surface area contributed by atoms with Gasteiger partial charge in [-0.2, -0.15) is 0 Å². The number of esters is 1. The second kappa shape index (κ2) is 8.50. The zero-order valence-corrected chi connectivity index (χ0v) is 21.2. The fourth-order valence-electron chi connectivity index (χ4n) is 6.15. The van der Waals surface area contributed by atoms with Crippen LogP contribution in [0.4, 0.5) is 5.82 Å². The van der Waals surface area contributed by atoms with Gasteiger partial charge in [0, 0.05) is 41.1 Å². The van der Waals surface area contributed by atoms with Crippen LogP contribution in [0.5, 0.6) is 5.75 Å². The molecular formula is C29H32N2O5. The average molecular weight is 489 g/mol. The Bertz CT molecular complexity index is 1410. The first-order valence-corrected chi connectivity index (χ1v) is 12.4. The van der Waals surface area contributed by atoms with Crippen LogP contribution in [0.3, 0.4) is 0 Å². The monoisotopic (exact) mass is 488 g/mol. The third-order valence-electron chi connectivity index (χ3n) is 8.17. The maximum absolute atomic E-state index is 13.1. The molecule has 3 heterocycles. The number of fused-ring (bicyclic) bond motifs is 2. The van der Waals surface area contributed by atoms with E-state index in [0.717, 1.165) is 42.2 Å². The highest BCUT2D eigenvalue weighted by atomic mass is 16.6. The Labute approximate surface area is 210 Å². The Morgan fingerprint density at radius 3 is 2.58 bits per heavy atom. The van der Waals surface area contributed by atoms with Crippen LogP contribution >= 0.6 is 0 Å². The molecular weight excluding hydrogens is 456 g/mol. The molecule has 2 aliphatic rings. The molecule has 188 valence electrons. The summed E-state index contributed by atoms with van der Waals surface area (Å²) in [5.74, 6) is 0.715. The van der Waals surface area contributed by atoms with E-state index in [1.807, 2.05) is 45.2 Å². The smallest absolute Gasteiger partial charge is 0.336 e. The summed E-state index contributed by atoms with van der Waals surface area (Å²) in [5, 5.41) is 0.821. The highest BCUT2D eigenvalue weighted by Crippen LogP contribution is 2.59. The van der Waals surface area contributed by atoms with Gasteiger partial charge in [0.15, 0.2) is 5.60 Å². The molecule has 7 nitrogen and oxygen atoms in total. The van der Waals surface area contributed by atoms with Crippen molar-refractivity contribution in [2.45, 2.75) is 76.4 Å². The Morgan fingerprint density at radius 2 is 1.92 bits per heavy atom. The van der Waals surface area contributed by atoms with Crippen molar-refractivity contribution in [2.24, 2.45) is 0 Å². The molecule has 0 bridgehead atoms. The van der Waals surface area contributed by atoms with E-state index in [-0.39, 0.29) is 5.97 Å². The Kier molecular flexibility index (Phi) is 5.69. The first-order chi connectivity index (χ1) is 17.1. The van der Waals surface area contributed by atoms with Gasteiger partial charge in [-0.25, -0.2) is 14.6 Å². The van der Waals surface area contributed by atoms with Gasteiger partial charge >= 0.3 is 11.6 Å². The van der Waals surface area contributed by atoms with Gasteiger partial charge in [0.2, 0.25) is 0 Å². The Hall–Kier alpha value is -3.61. The van der Waals surface area contributed by atoms with Gasteiger partial charge in [-0.1, -0.05) is 25.0 Å². The number of rotatable bonds is 5. The van der Waals surface area contributed by atoms with E-state index in [2.05, 4.69) is 4.98 Å². The lowest BCUT2D eigenvalue weighted by atomic mass is 9.58. The molecule has 36 heavy (non-hydrogen) atoms. The Balaban J connectivity index is 1.72. The maximum Gasteiger partial charge on any atom is 0.336 e. The topological polar surface area (TPSA) is 105 Å². The fourth-order valence-corrected chi connectivity index (χ4v) is 6.15. The van der Waals surface area contributed by atoms with Crippen LogP contribution in [0, 0.1) is 0 Å². The lowest BCUT2D eigenvalue weighted by molar-refractivity contribution is -0.189. The van der Waals surface area contributed by atoms with Crippen LogP contribution in [0.1, 0.15) is 64.5 Å². The standard InChI is InChI=1S/C29H32N2O5/c1-5-18(2)26(33)36-27(3,4)29(28(12-6-7-13-28)21-9-10-24(30)31-17-21)16-20-14-19-8-11-25(32)34-22(19)15-23(20)35-29/h5,8-11,14-15,17H,6-7,12-13,16H2,1-4H3,(H2,30,31)/b18-5+/t29-/m0/s1. The van der Waals surface area contributed by atoms with Crippen LogP contribution < -0.4 is 16.1 Å². The summed E-state index contributed by atoms with van der Waals surface area (Å²) in [5.41, 5.74) is 6.10. The summed E-state index contributed by atoms with van der Waals surface area (Å²) >= 11 is 0. The predicted octanol–water partition coefficient (Wildman–Crippen LogP) is 5.24. The highest BCUT2D eigenvalue weighted by molar-refractivity contribution is 5.88. The molecule has 7 heteroatoms. The van der Waals surface area contributed by atoms with Crippen LogP contribution in [0.25, 0.3) is 11.0 Å². The van der Waals surface area contributed by atoms with Crippen molar-refractivity contribution in [2.75, 3.05) is 5.73 Å². The van der Waals surface area contributed by atoms with Crippen molar-refractivity contribution < 1.29 is 18.7 Å². The van der Waals surface area contributed by atoms with Gasteiger partial charge in [0.1, 0.15) is 22.8 Å². The third kappa shape index (κ3) is 3.60. The number of allylic oxidation sites excluding steroid dienone is 1. The van der Waals surface area contributed by atoms with Crippen LogP contribution in [0.15, 0.2) is 63.5 Å². The molecule has 1 fully saturated rings. The number of nitrogen functional groups attached to an aromatic ring is 1. The van der Waals surface area contributed by atoms with Crippen molar-refractivity contribution in [1.82, 2.24) is 4.98 Å². The number of carbonyl (C=O) groups excluding carboxylic acids is 1. The van der Waals surface area contributed by atoms with E-state index in [1.165, 1.54) is 6.07 Å². The van der Waals surface area contributed by atoms with Gasteiger partial charge in [-0.05, 0) is 69.9 Å². The van der Waals surface area contributed by atoms with Crippen LogP contribution in [-0.4, -0.2) is 22.2 Å². The van der Waals surface area contributed by atoms with E-state index >= 15 is 0 Å². The van der Waals surface area contributed by atoms with Crippen molar-refractivity contribution >= 4 is 22.8 Å². The second-order valence-electron chi connectivity index (χ2n) is 10.5. The number of aromatic nitrogens is 1. The minimum Gasteiger partial charge on any atom is -0.481 e. The van der Waals surface area contributed by atoms with E-state index in [4.69, 9.17) is 19.6 Å². The van der Waals surface area contributed by atoms with Gasteiger partial charge in [0.05, 0.1) is 0 Å². The summed E-state index contributed by atoms with van der Waals surface area (Å²) in [6, 6.07) is 10.8. The highest BCUT2D eigenvalue weighted by Gasteiger charge is 2.67. The number of benzene rings is 1. The van der Waals surface area contributed by atoms with Crippen LogP contribution in [-0.2, 0) is 21.4 Å². The summed E-state index contributed by atoms with van der Waals surface area (Å²) in [7, 11) is 0. The molecule has 1 aromatic carbocycles. The fraction of sp³-hybridized carbons (Fsp3) is 0.414. The zero-order chi connectivity index (χ0) is 25.7. The lowest BCUT2D eigenvalue weighted by Crippen LogP contribution is -2.67. The van der Waals surface area contributed by atoms with E-state index in [9.17, 15) is 9.59 Å². The molecule has 2 aromatic heterocycles. The molecule has 5 rings (SSSR count). The number of pyridine rings is 1. The molecule has 0 radical (unpaired) electrons.